The van der Waals surface area contributed by atoms with Gasteiger partial charge in [0.2, 0.25) is 0 Å². The van der Waals surface area contributed by atoms with Crippen molar-refractivity contribution in [2.45, 2.75) is 19.4 Å². The Kier molecular flexibility index (Phi) is 4.00. The average molecular weight is 298 g/mol. The number of hydrogen-bond donors (Lipinski definition) is 0. The Morgan fingerprint density at radius 2 is 2.00 bits per heavy atom. The molecule has 0 saturated heterocycles. The van der Waals surface area contributed by atoms with E-state index < -0.39 is 0 Å². The molecule has 1 aliphatic heterocycles. The molecule has 114 valence electrons. The van der Waals surface area contributed by atoms with Crippen LogP contribution in [-0.2, 0) is 9.53 Å². The van der Waals surface area contributed by atoms with Crippen LogP contribution in [0.25, 0.3) is 11.1 Å². The minimum atomic E-state index is -0.362. The highest BCUT2D eigenvalue weighted by molar-refractivity contribution is 5.78. The molecule has 1 unspecified atom stereocenters. The molecule has 22 heavy (non-hydrogen) atoms. The molecule has 1 atom stereocenters. The summed E-state index contributed by atoms with van der Waals surface area (Å²) < 4.78 is 16.4. The Hall–Kier alpha value is -2.49. The molecular weight excluding hydrogens is 280 g/mol. The molecule has 1 aliphatic rings. The number of carbonyl (C=O) groups excluding carboxylic acids is 1. The highest BCUT2D eigenvalue weighted by atomic mass is 16.5. The van der Waals surface area contributed by atoms with E-state index in [1.165, 1.54) is 0 Å². The van der Waals surface area contributed by atoms with E-state index >= 15 is 0 Å². The molecule has 0 fully saturated rings. The summed E-state index contributed by atoms with van der Waals surface area (Å²) in [6, 6.07) is 13.7. The summed E-state index contributed by atoms with van der Waals surface area (Å²) in [5.41, 5.74) is 3.04. The van der Waals surface area contributed by atoms with Gasteiger partial charge in [-0.3, -0.25) is 4.79 Å². The van der Waals surface area contributed by atoms with Gasteiger partial charge in [-0.25, -0.2) is 0 Å². The summed E-state index contributed by atoms with van der Waals surface area (Å²) in [5, 5.41) is 0. The van der Waals surface area contributed by atoms with Crippen LogP contribution in [0.15, 0.2) is 42.5 Å². The standard InChI is InChI=1S/C18H18O4/c1-3-21-18(19)11-17-15-10-12(20-2)8-9-13(15)14-6-4-5-7-16(14)22-17/h4-10,17H,3,11H2,1-2H3. The molecule has 0 saturated carbocycles. The van der Waals surface area contributed by atoms with E-state index in [4.69, 9.17) is 14.2 Å². The minimum Gasteiger partial charge on any atom is -0.497 e. The van der Waals surface area contributed by atoms with E-state index in [1.807, 2.05) is 42.5 Å². The van der Waals surface area contributed by atoms with Crippen molar-refractivity contribution in [2.24, 2.45) is 0 Å². The fraction of sp³-hybridized carbons (Fsp3) is 0.278. The normalized spacial score (nSPS) is 15.3. The summed E-state index contributed by atoms with van der Waals surface area (Å²) in [5.74, 6) is 1.27. The first-order valence-corrected chi connectivity index (χ1v) is 7.32. The van der Waals surface area contributed by atoms with Crippen LogP contribution in [0.4, 0.5) is 0 Å². The summed E-state index contributed by atoms with van der Waals surface area (Å²) in [6.07, 6.45) is -0.179. The molecule has 4 heteroatoms. The van der Waals surface area contributed by atoms with Crippen molar-refractivity contribution in [3.63, 3.8) is 0 Å². The Morgan fingerprint density at radius 1 is 1.18 bits per heavy atom. The molecule has 0 N–H and O–H groups in total. The van der Waals surface area contributed by atoms with Crippen LogP contribution in [0.5, 0.6) is 11.5 Å². The quantitative estimate of drug-likeness (QED) is 0.806. The van der Waals surface area contributed by atoms with Crippen molar-refractivity contribution < 1.29 is 19.0 Å². The van der Waals surface area contributed by atoms with Gasteiger partial charge in [0, 0.05) is 11.1 Å². The van der Waals surface area contributed by atoms with Crippen LogP contribution < -0.4 is 9.47 Å². The maximum Gasteiger partial charge on any atom is 0.309 e. The number of esters is 1. The molecule has 2 aromatic carbocycles. The van der Waals surface area contributed by atoms with E-state index in [2.05, 4.69) is 0 Å². The lowest BCUT2D eigenvalue weighted by molar-refractivity contribution is -0.145. The van der Waals surface area contributed by atoms with E-state index in [1.54, 1.807) is 14.0 Å². The van der Waals surface area contributed by atoms with Gasteiger partial charge in [0.25, 0.3) is 0 Å². The maximum atomic E-state index is 11.9. The minimum absolute atomic E-state index is 0.183. The average Bonchev–Trinajstić information content (AvgIpc) is 2.54. The third kappa shape index (κ3) is 2.64. The predicted molar refractivity (Wildman–Crippen MR) is 83.0 cm³/mol. The van der Waals surface area contributed by atoms with Gasteiger partial charge in [-0.2, -0.15) is 0 Å². The Morgan fingerprint density at radius 3 is 2.77 bits per heavy atom. The monoisotopic (exact) mass is 298 g/mol. The molecule has 1 heterocycles. The first kappa shape index (κ1) is 14.4. The second-order valence-corrected chi connectivity index (χ2v) is 5.06. The molecule has 0 aliphatic carbocycles. The third-order valence-corrected chi connectivity index (χ3v) is 3.71. The number of rotatable bonds is 4. The summed E-state index contributed by atoms with van der Waals surface area (Å²) in [4.78, 5) is 11.9. The Balaban J connectivity index is 2.02. The molecule has 0 amide bonds. The number of fused-ring (bicyclic) bond motifs is 3. The van der Waals surface area contributed by atoms with Crippen LogP contribution >= 0.6 is 0 Å². The predicted octanol–water partition coefficient (Wildman–Crippen LogP) is 3.75. The van der Waals surface area contributed by atoms with Crippen molar-refractivity contribution in [2.75, 3.05) is 13.7 Å². The van der Waals surface area contributed by atoms with Gasteiger partial charge in [0.15, 0.2) is 0 Å². The van der Waals surface area contributed by atoms with Gasteiger partial charge in [-0.15, -0.1) is 0 Å². The van der Waals surface area contributed by atoms with Gasteiger partial charge < -0.3 is 14.2 Å². The molecule has 4 nitrogen and oxygen atoms in total. The molecule has 0 aromatic heterocycles. The topological polar surface area (TPSA) is 44.8 Å². The van der Waals surface area contributed by atoms with Crippen LogP contribution in [0.1, 0.15) is 25.0 Å². The lowest BCUT2D eigenvalue weighted by atomic mass is 9.91. The molecule has 3 rings (SSSR count). The first-order chi connectivity index (χ1) is 10.7. The van der Waals surface area contributed by atoms with Crippen molar-refractivity contribution in [3.8, 4) is 22.6 Å². The number of methoxy groups -OCH3 is 1. The van der Waals surface area contributed by atoms with E-state index in [0.717, 1.165) is 28.2 Å². The van der Waals surface area contributed by atoms with Gasteiger partial charge in [-0.05, 0) is 30.7 Å². The molecule has 0 spiro atoms. The van der Waals surface area contributed by atoms with Crippen molar-refractivity contribution in [1.82, 2.24) is 0 Å². The zero-order valence-corrected chi connectivity index (χ0v) is 12.7. The number of ether oxygens (including phenoxy) is 3. The number of hydrogen-bond acceptors (Lipinski definition) is 4. The van der Waals surface area contributed by atoms with Crippen LogP contribution in [0.2, 0.25) is 0 Å². The fourth-order valence-corrected chi connectivity index (χ4v) is 2.71. The van der Waals surface area contributed by atoms with Crippen molar-refractivity contribution in [3.05, 3.63) is 48.0 Å². The van der Waals surface area contributed by atoms with Crippen molar-refractivity contribution >= 4 is 5.97 Å². The summed E-state index contributed by atoms with van der Waals surface area (Å²) >= 11 is 0. The summed E-state index contributed by atoms with van der Waals surface area (Å²) in [6.45, 7) is 2.17. The Labute approximate surface area is 129 Å². The fourth-order valence-electron chi connectivity index (χ4n) is 2.71. The second kappa shape index (κ2) is 6.10. The molecule has 0 radical (unpaired) electrons. The van der Waals surface area contributed by atoms with Crippen molar-refractivity contribution in [1.29, 1.82) is 0 Å². The number of para-hydroxylation sites is 1. The lowest BCUT2D eigenvalue weighted by Gasteiger charge is -2.28. The van der Waals surface area contributed by atoms with Gasteiger partial charge in [0.1, 0.15) is 17.6 Å². The molecular formula is C18H18O4. The SMILES string of the molecule is CCOC(=O)CC1Oc2ccccc2-c2ccc(OC)cc21. The third-order valence-electron chi connectivity index (χ3n) is 3.71. The highest BCUT2D eigenvalue weighted by Crippen LogP contribution is 2.44. The zero-order valence-electron chi connectivity index (χ0n) is 12.7. The lowest BCUT2D eigenvalue weighted by Crippen LogP contribution is -2.19. The largest absolute Gasteiger partial charge is 0.497 e. The maximum absolute atomic E-state index is 11.9. The van der Waals surface area contributed by atoms with Crippen LogP contribution in [0, 0.1) is 0 Å². The summed E-state index contributed by atoms with van der Waals surface area (Å²) in [7, 11) is 1.62. The number of carbonyl (C=O) groups is 1. The Bertz CT molecular complexity index is 693. The van der Waals surface area contributed by atoms with Gasteiger partial charge in [-0.1, -0.05) is 24.3 Å². The van der Waals surface area contributed by atoms with Crippen LogP contribution in [-0.4, -0.2) is 19.7 Å². The van der Waals surface area contributed by atoms with E-state index in [0.29, 0.717) is 6.61 Å². The van der Waals surface area contributed by atoms with Gasteiger partial charge >= 0.3 is 5.97 Å². The number of benzene rings is 2. The zero-order chi connectivity index (χ0) is 15.5. The highest BCUT2D eigenvalue weighted by Gasteiger charge is 2.28. The van der Waals surface area contributed by atoms with Crippen LogP contribution in [0.3, 0.4) is 0 Å². The van der Waals surface area contributed by atoms with E-state index in [-0.39, 0.29) is 18.5 Å². The second-order valence-electron chi connectivity index (χ2n) is 5.06. The molecule has 2 aromatic rings. The smallest absolute Gasteiger partial charge is 0.309 e. The van der Waals surface area contributed by atoms with Gasteiger partial charge in [0.05, 0.1) is 20.1 Å². The molecule has 0 bridgehead atoms. The van der Waals surface area contributed by atoms with E-state index in [9.17, 15) is 4.79 Å². The first-order valence-electron chi connectivity index (χ1n) is 7.32.